The van der Waals surface area contributed by atoms with Crippen LogP contribution in [0.2, 0.25) is 0 Å². The van der Waals surface area contributed by atoms with Crippen LogP contribution in [0.15, 0.2) is 65.6 Å². The zero-order chi connectivity index (χ0) is 18.9. The first-order valence-electron chi connectivity index (χ1n) is 9.56. The van der Waals surface area contributed by atoms with Crippen molar-refractivity contribution in [3.05, 3.63) is 66.2 Å². The molecule has 1 aliphatic heterocycles. The SMILES string of the molecule is O=S(=O)(NC[C@@H]1[C@@H](c2ccccc2)[C@H](CO)N1CC1CC1)c1ccccc1. The van der Waals surface area contributed by atoms with E-state index in [9.17, 15) is 13.5 Å². The van der Waals surface area contributed by atoms with E-state index in [0.717, 1.165) is 12.1 Å². The normalized spacial score (nSPS) is 25.9. The summed E-state index contributed by atoms with van der Waals surface area (Å²) in [5.41, 5.74) is 1.16. The van der Waals surface area contributed by atoms with E-state index in [1.807, 2.05) is 18.2 Å². The minimum Gasteiger partial charge on any atom is -0.395 e. The van der Waals surface area contributed by atoms with E-state index >= 15 is 0 Å². The van der Waals surface area contributed by atoms with Gasteiger partial charge in [0.2, 0.25) is 10.0 Å². The molecule has 1 saturated carbocycles. The van der Waals surface area contributed by atoms with Gasteiger partial charge in [0.25, 0.3) is 0 Å². The lowest BCUT2D eigenvalue weighted by Gasteiger charge is -2.55. The van der Waals surface area contributed by atoms with E-state index in [-0.39, 0.29) is 29.5 Å². The summed E-state index contributed by atoms with van der Waals surface area (Å²) in [4.78, 5) is 2.58. The minimum atomic E-state index is -3.54. The third-order valence-corrected chi connectivity index (χ3v) is 7.19. The van der Waals surface area contributed by atoms with Gasteiger partial charge in [-0.2, -0.15) is 0 Å². The zero-order valence-electron chi connectivity index (χ0n) is 15.2. The summed E-state index contributed by atoms with van der Waals surface area (Å²) >= 11 is 0. The van der Waals surface area contributed by atoms with E-state index < -0.39 is 10.0 Å². The van der Waals surface area contributed by atoms with Crippen molar-refractivity contribution in [1.29, 1.82) is 0 Å². The van der Waals surface area contributed by atoms with Crippen molar-refractivity contribution in [2.45, 2.75) is 35.7 Å². The number of aliphatic hydroxyl groups is 1. The Kier molecular flexibility index (Phi) is 5.32. The quantitative estimate of drug-likeness (QED) is 0.730. The molecule has 1 heterocycles. The Balaban J connectivity index is 1.53. The fraction of sp³-hybridized carbons (Fsp3) is 0.429. The number of nitrogens with one attached hydrogen (secondary N) is 1. The maximum atomic E-state index is 12.6. The van der Waals surface area contributed by atoms with E-state index in [1.54, 1.807) is 30.3 Å². The van der Waals surface area contributed by atoms with Crippen LogP contribution in [0.5, 0.6) is 0 Å². The Hall–Kier alpha value is -1.73. The Morgan fingerprint density at radius 2 is 1.59 bits per heavy atom. The van der Waals surface area contributed by atoms with E-state index in [4.69, 9.17) is 0 Å². The van der Waals surface area contributed by atoms with E-state index in [1.165, 1.54) is 12.8 Å². The first-order chi connectivity index (χ1) is 13.1. The lowest BCUT2D eigenvalue weighted by Crippen LogP contribution is -2.67. The van der Waals surface area contributed by atoms with Crippen LogP contribution in [-0.2, 0) is 10.0 Å². The maximum Gasteiger partial charge on any atom is 0.240 e. The topological polar surface area (TPSA) is 69.6 Å². The largest absolute Gasteiger partial charge is 0.395 e. The van der Waals surface area contributed by atoms with Crippen molar-refractivity contribution >= 4 is 10.0 Å². The minimum absolute atomic E-state index is 0.0548. The molecule has 4 rings (SSSR count). The van der Waals surface area contributed by atoms with Crippen LogP contribution >= 0.6 is 0 Å². The highest BCUT2D eigenvalue weighted by Gasteiger charge is 2.49. The molecule has 2 aromatic rings. The van der Waals surface area contributed by atoms with Crippen molar-refractivity contribution in [2.24, 2.45) is 5.92 Å². The van der Waals surface area contributed by atoms with Crippen molar-refractivity contribution in [1.82, 2.24) is 9.62 Å². The number of nitrogens with zero attached hydrogens (tertiary/aromatic N) is 1. The lowest BCUT2D eigenvalue weighted by atomic mass is 9.75. The van der Waals surface area contributed by atoms with Crippen LogP contribution in [0.25, 0.3) is 0 Å². The summed E-state index contributed by atoms with van der Waals surface area (Å²) in [5, 5.41) is 9.97. The first-order valence-corrected chi connectivity index (χ1v) is 11.0. The van der Waals surface area contributed by atoms with Gasteiger partial charge in [0, 0.05) is 31.1 Å². The van der Waals surface area contributed by atoms with Gasteiger partial charge in [-0.3, -0.25) is 4.90 Å². The van der Waals surface area contributed by atoms with Crippen LogP contribution in [0.3, 0.4) is 0 Å². The van der Waals surface area contributed by atoms with Gasteiger partial charge in [-0.05, 0) is 36.5 Å². The fourth-order valence-electron chi connectivity index (χ4n) is 4.14. The lowest BCUT2D eigenvalue weighted by molar-refractivity contribution is -0.0432. The second-order valence-corrected chi connectivity index (χ2v) is 9.33. The molecular weight excluding hydrogens is 360 g/mol. The van der Waals surface area contributed by atoms with Crippen molar-refractivity contribution in [3.63, 3.8) is 0 Å². The maximum absolute atomic E-state index is 12.6. The molecule has 3 atom stereocenters. The molecule has 6 heteroatoms. The molecule has 0 spiro atoms. The van der Waals surface area contributed by atoms with Gasteiger partial charge >= 0.3 is 0 Å². The van der Waals surface area contributed by atoms with Gasteiger partial charge in [-0.15, -0.1) is 0 Å². The molecule has 1 saturated heterocycles. The van der Waals surface area contributed by atoms with Crippen LogP contribution < -0.4 is 4.72 Å². The Morgan fingerprint density at radius 3 is 2.19 bits per heavy atom. The predicted octanol–water partition coefficient (Wildman–Crippen LogP) is 2.20. The van der Waals surface area contributed by atoms with E-state index in [2.05, 4.69) is 21.8 Å². The smallest absolute Gasteiger partial charge is 0.240 e. The van der Waals surface area contributed by atoms with Crippen LogP contribution in [0.1, 0.15) is 24.3 Å². The van der Waals surface area contributed by atoms with Gasteiger partial charge in [0.15, 0.2) is 0 Å². The Morgan fingerprint density at radius 1 is 0.963 bits per heavy atom. The number of benzene rings is 2. The third kappa shape index (κ3) is 3.94. The zero-order valence-corrected chi connectivity index (χ0v) is 16.1. The molecule has 27 heavy (non-hydrogen) atoms. The standard InChI is InChI=1S/C21H26N2O3S/c24-15-20-21(17-7-3-1-4-8-17)19(23(20)14-16-11-12-16)13-22-27(25,26)18-9-5-2-6-10-18/h1-10,16,19-22,24H,11-15H2/t19-,20+,21-/m1/s1. The first kappa shape index (κ1) is 18.6. The monoisotopic (exact) mass is 386 g/mol. The summed E-state index contributed by atoms with van der Waals surface area (Å²) in [5.74, 6) is 0.817. The number of hydrogen-bond donors (Lipinski definition) is 2. The molecule has 2 N–H and O–H groups in total. The van der Waals surface area contributed by atoms with Gasteiger partial charge in [0.1, 0.15) is 0 Å². The van der Waals surface area contributed by atoms with E-state index in [0.29, 0.717) is 12.5 Å². The summed E-state index contributed by atoms with van der Waals surface area (Å²) in [6, 6.07) is 18.7. The molecule has 5 nitrogen and oxygen atoms in total. The van der Waals surface area contributed by atoms with Crippen molar-refractivity contribution < 1.29 is 13.5 Å². The van der Waals surface area contributed by atoms with Gasteiger partial charge in [0.05, 0.1) is 11.5 Å². The fourth-order valence-corrected chi connectivity index (χ4v) is 5.22. The molecule has 2 fully saturated rings. The highest BCUT2D eigenvalue weighted by atomic mass is 32.2. The van der Waals surface area contributed by atoms with Gasteiger partial charge in [-0.25, -0.2) is 13.1 Å². The van der Waals surface area contributed by atoms with Crippen molar-refractivity contribution in [3.8, 4) is 0 Å². The molecule has 2 aromatic carbocycles. The number of hydrogen-bond acceptors (Lipinski definition) is 4. The summed E-state index contributed by atoms with van der Waals surface area (Å²) in [7, 11) is -3.54. The van der Waals surface area contributed by atoms with Crippen LogP contribution in [0, 0.1) is 5.92 Å². The molecule has 0 aromatic heterocycles. The van der Waals surface area contributed by atoms with Crippen LogP contribution in [-0.4, -0.2) is 50.2 Å². The Labute approximate surface area is 161 Å². The molecule has 0 amide bonds. The van der Waals surface area contributed by atoms with Gasteiger partial charge in [-0.1, -0.05) is 48.5 Å². The van der Waals surface area contributed by atoms with Gasteiger partial charge < -0.3 is 5.11 Å². The average molecular weight is 387 g/mol. The average Bonchev–Trinajstić information content (AvgIpc) is 3.51. The number of aliphatic hydroxyl groups excluding tert-OH is 1. The highest BCUT2D eigenvalue weighted by Crippen LogP contribution is 2.43. The molecule has 2 aliphatic rings. The Bertz CT molecular complexity index is 854. The second-order valence-electron chi connectivity index (χ2n) is 7.56. The third-order valence-electron chi connectivity index (χ3n) is 5.75. The molecular formula is C21H26N2O3S. The number of rotatable bonds is 8. The molecule has 0 unspecified atom stereocenters. The molecule has 144 valence electrons. The summed E-state index contributed by atoms with van der Waals surface area (Å²) < 4.78 is 28.1. The van der Waals surface area contributed by atoms with Crippen LogP contribution in [0.4, 0.5) is 0 Å². The second kappa shape index (κ2) is 7.72. The molecule has 1 aliphatic carbocycles. The predicted molar refractivity (Wildman–Crippen MR) is 105 cm³/mol. The summed E-state index contributed by atoms with van der Waals surface area (Å²) in [6.07, 6.45) is 2.46. The molecule has 0 bridgehead atoms. The highest BCUT2D eigenvalue weighted by molar-refractivity contribution is 7.89. The summed E-state index contributed by atoms with van der Waals surface area (Å²) in [6.45, 7) is 1.38. The van der Waals surface area contributed by atoms with Crippen molar-refractivity contribution in [2.75, 3.05) is 19.7 Å². The number of likely N-dealkylation sites (tertiary alicyclic amines) is 1. The molecule has 0 radical (unpaired) electrons. The number of sulfonamides is 1.